The quantitative estimate of drug-likeness (QED) is 0.929. The molecule has 0 spiro atoms. The van der Waals surface area contributed by atoms with Gasteiger partial charge in [-0.15, -0.1) is 0 Å². The van der Waals surface area contributed by atoms with Gasteiger partial charge >= 0.3 is 0 Å². The minimum absolute atomic E-state index is 0.281. The summed E-state index contributed by atoms with van der Waals surface area (Å²) in [5.74, 6) is -0.281. The van der Waals surface area contributed by atoms with Crippen molar-refractivity contribution in [2.24, 2.45) is 0 Å². The van der Waals surface area contributed by atoms with Gasteiger partial charge < -0.3 is 10.0 Å². The highest BCUT2D eigenvalue weighted by molar-refractivity contribution is 6.30. The van der Waals surface area contributed by atoms with Crippen LogP contribution in [0.3, 0.4) is 0 Å². The van der Waals surface area contributed by atoms with Crippen LogP contribution in [0.1, 0.15) is 11.7 Å². The van der Waals surface area contributed by atoms with Gasteiger partial charge in [0.15, 0.2) is 0 Å². The molecule has 1 N–H and O–H groups in total. The second-order valence-electron chi connectivity index (χ2n) is 5.83. The first-order valence-electron chi connectivity index (χ1n) is 7.78. The van der Waals surface area contributed by atoms with E-state index >= 15 is 0 Å². The van der Waals surface area contributed by atoms with Crippen molar-refractivity contribution < 1.29 is 9.50 Å². The summed E-state index contributed by atoms with van der Waals surface area (Å²) in [4.78, 5) is 4.53. The Hall–Kier alpha value is -1.62. The number of aliphatic hydroxyl groups is 1. The lowest BCUT2D eigenvalue weighted by Gasteiger charge is -2.37. The second kappa shape index (κ2) is 7.30. The van der Waals surface area contributed by atoms with Crippen LogP contribution in [-0.4, -0.2) is 42.7 Å². The van der Waals surface area contributed by atoms with Crippen molar-refractivity contribution in [2.75, 3.05) is 37.6 Å². The molecule has 0 unspecified atom stereocenters. The van der Waals surface area contributed by atoms with Crippen LogP contribution < -0.4 is 4.90 Å². The van der Waals surface area contributed by atoms with E-state index in [1.54, 1.807) is 12.1 Å². The third-order valence-electron chi connectivity index (χ3n) is 4.23. The Balaban J connectivity index is 1.54. The largest absolute Gasteiger partial charge is 0.387 e. The fourth-order valence-corrected chi connectivity index (χ4v) is 3.08. The minimum atomic E-state index is -0.590. The van der Waals surface area contributed by atoms with Gasteiger partial charge in [-0.1, -0.05) is 29.8 Å². The number of benzene rings is 2. The Morgan fingerprint density at radius 1 is 1.04 bits per heavy atom. The van der Waals surface area contributed by atoms with Gasteiger partial charge in [-0.05, 0) is 35.9 Å². The monoisotopic (exact) mass is 334 g/mol. The van der Waals surface area contributed by atoms with Crippen LogP contribution in [0.2, 0.25) is 5.02 Å². The van der Waals surface area contributed by atoms with E-state index in [4.69, 9.17) is 11.6 Å². The van der Waals surface area contributed by atoms with Gasteiger partial charge in [0.1, 0.15) is 5.82 Å². The highest BCUT2D eigenvalue weighted by Gasteiger charge is 2.20. The van der Waals surface area contributed by atoms with Gasteiger partial charge in [-0.2, -0.15) is 0 Å². The maximum atomic E-state index is 12.9. The van der Waals surface area contributed by atoms with Crippen LogP contribution in [0.25, 0.3) is 0 Å². The summed E-state index contributed by atoms with van der Waals surface area (Å²) in [6.07, 6.45) is -0.590. The number of halogens is 2. The van der Waals surface area contributed by atoms with Gasteiger partial charge in [0.05, 0.1) is 6.10 Å². The highest BCUT2D eigenvalue weighted by atomic mass is 35.5. The van der Waals surface area contributed by atoms with E-state index in [1.807, 2.05) is 18.2 Å². The van der Waals surface area contributed by atoms with Crippen LogP contribution in [0.4, 0.5) is 10.1 Å². The summed E-state index contributed by atoms with van der Waals surface area (Å²) >= 11 is 6.04. The fourth-order valence-electron chi connectivity index (χ4n) is 2.90. The van der Waals surface area contributed by atoms with Gasteiger partial charge in [-0.25, -0.2) is 4.39 Å². The van der Waals surface area contributed by atoms with Crippen LogP contribution in [0, 0.1) is 5.82 Å². The molecule has 1 heterocycles. The van der Waals surface area contributed by atoms with E-state index in [1.165, 1.54) is 12.1 Å². The molecule has 2 aromatic rings. The van der Waals surface area contributed by atoms with Crippen molar-refractivity contribution in [3.63, 3.8) is 0 Å². The lowest BCUT2D eigenvalue weighted by Crippen LogP contribution is -2.47. The summed E-state index contributed by atoms with van der Waals surface area (Å²) in [6.45, 7) is 4.12. The molecule has 1 aliphatic rings. The normalized spacial score (nSPS) is 17.3. The zero-order valence-electron chi connectivity index (χ0n) is 12.8. The predicted molar refractivity (Wildman–Crippen MR) is 91.5 cm³/mol. The number of anilines is 1. The fraction of sp³-hybridized carbons (Fsp3) is 0.333. The third kappa shape index (κ3) is 4.22. The van der Waals surface area contributed by atoms with E-state index < -0.39 is 6.10 Å². The van der Waals surface area contributed by atoms with Gasteiger partial charge in [0.2, 0.25) is 0 Å². The average Bonchev–Trinajstić information content (AvgIpc) is 2.56. The van der Waals surface area contributed by atoms with E-state index in [-0.39, 0.29) is 5.82 Å². The Morgan fingerprint density at radius 2 is 1.74 bits per heavy atom. The van der Waals surface area contributed by atoms with Crippen LogP contribution in [-0.2, 0) is 0 Å². The molecule has 0 aliphatic carbocycles. The SMILES string of the molecule is O[C@@H](CN1CCN(c2cccc(Cl)c2)CC1)c1ccc(F)cc1. The predicted octanol–water partition coefficient (Wildman–Crippen LogP) is 3.33. The highest BCUT2D eigenvalue weighted by Crippen LogP contribution is 2.22. The number of hydrogen-bond donors (Lipinski definition) is 1. The van der Waals surface area contributed by atoms with Crippen LogP contribution in [0.5, 0.6) is 0 Å². The van der Waals surface area contributed by atoms with Crippen molar-refractivity contribution in [1.29, 1.82) is 0 Å². The van der Waals surface area contributed by atoms with Crippen molar-refractivity contribution in [3.05, 3.63) is 64.9 Å². The molecule has 1 atom stereocenters. The first-order chi connectivity index (χ1) is 11.1. The van der Waals surface area contributed by atoms with E-state index in [9.17, 15) is 9.50 Å². The zero-order valence-corrected chi connectivity index (χ0v) is 13.6. The Morgan fingerprint density at radius 3 is 2.39 bits per heavy atom. The molecular formula is C18H20ClFN2O. The summed E-state index contributed by atoms with van der Waals surface area (Å²) in [6, 6.07) is 13.9. The molecule has 0 aromatic heterocycles. The number of piperazine rings is 1. The summed E-state index contributed by atoms with van der Waals surface area (Å²) in [5, 5.41) is 11.0. The molecule has 1 saturated heterocycles. The van der Waals surface area contributed by atoms with Gasteiger partial charge in [-0.3, -0.25) is 4.90 Å². The standard InChI is InChI=1S/C18H20ClFN2O/c19-15-2-1-3-17(12-15)22-10-8-21(9-11-22)13-18(23)14-4-6-16(20)7-5-14/h1-7,12,18,23H,8-11,13H2/t18-/m0/s1. The number of β-amino-alcohol motifs (C(OH)–C–C–N with tert-alkyl or cyclic N) is 1. The van der Waals surface area contributed by atoms with Gasteiger partial charge in [0.25, 0.3) is 0 Å². The molecule has 0 amide bonds. The summed E-state index contributed by atoms with van der Waals surface area (Å²) in [7, 11) is 0. The van der Waals surface area contributed by atoms with Crippen molar-refractivity contribution in [3.8, 4) is 0 Å². The molecule has 3 nitrogen and oxygen atoms in total. The molecule has 122 valence electrons. The number of nitrogens with zero attached hydrogens (tertiary/aromatic N) is 2. The van der Waals surface area contributed by atoms with Crippen molar-refractivity contribution in [2.45, 2.75) is 6.10 Å². The summed E-state index contributed by atoms with van der Waals surface area (Å²) in [5.41, 5.74) is 1.89. The molecule has 0 radical (unpaired) electrons. The molecule has 1 fully saturated rings. The van der Waals surface area contributed by atoms with Crippen LogP contribution >= 0.6 is 11.6 Å². The van der Waals surface area contributed by atoms with E-state index in [0.717, 1.165) is 42.5 Å². The minimum Gasteiger partial charge on any atom is -0.387 e. The topological polar surface area (TPSA) is 26.7 Å². The average molecular weight is 335 g/mol. The maximum absolute atomic E-state index is 12.9. The lowest BCUT2D eigenvalue weighted by molar-refractivity contribution is 0.109. The maximum Gasteiger partial charge on any atom is 0.123 e. The second-order valence-corrected chi connectivity index (χ2v) is 6.27. The van der Waals surface area contributed by atoms with Crippen molar-refractivity contribution >= 4 is 17.3 Å². The number of aliphatic hydroxyl groups excluding tert-OH is 1. The zero-order chi connectivity index (χ0) is 16.2. The molecular weight excluding hydrogens is 315 g/mol. The summed E-state index contributed by atoms with van der Waals surface area (Å²) < 4.78 is 12.9. The third-order valence-corrected chi connectivity index (χ3v) is 4.47. The van der Waals surface area contributed by atoms with Crippen molar-refractivity contribution in [1.82, 2.24) is 4.90 Å². The molecule has 2 aromatic carbocycles. The van der Waals surface area contributed by atoms with Crippen LogP contribution in [0.15, 0.2) is 48.5 Å². The smallest absolute Gasteiger partial charge is 0.123 e. The first-order valence-corrected chi connectivity index (χ1v) is 8.16. The lowest BCUT2D eigenvalue weighted by atomic mass is 10.1. The Labute approximate surface area is 140 Å². The van der Waals surface area contributed by atoms with E-state index in [2.05, 4.69) is 15.9 Å². The number of rotatable bonds is 4. The molecule has 5 heteroatoms. The van der Waals surface area contributed by atoms with Gasteiger partial charge in [0, 0.05) is 43.4 Å². The molecule has 0 bridgehead atoms. The number of hydrogen-bond acceptors (Lipinski definition) is 3. The molecule has 3 rings (SSSR count). The first kappa shape index (κ1) is 16.2. The Bertz CT molecular complexity index is 642. The molecule has 23 heavy (non-hydrogen) atoms. The Kier molecular flexibility index (Phi) is 5.16. The molecule has 0 saturated carbocycles. The molecule has 1 aliphatic heterocycles. The van der Waals surface area contributed by atoms with E-state index in [0.29, 0.717) is 6.54 Å².